The molecule has 1 atom stereocenters. The predicted octanol–water partition coefficient (Wildman–Crippen LogP) is 2.43. The van der Waals surface area contributed by atoms with Gasteiger partial charge in [0.1, 0.15) is 4.99 Å². The summed E-state index contributed by atoms with van der Waals surface area (Å²) >= 11 is 8.10. The third kappa shape index (κ3) is 3.07. The first-order chi connectivity index (χ1) is 9.04. The Balaban J connectivity index is 2.23. The summed E-state index contributed by atoms with van der Waals surface area (Å²) in [5.41, 5.74) is 6.62. The molecule has 0 aliphatic carbocycles. The highest BCUT2D eigenvalue weighted by Crippen LogP contribution is 2.33. The van der Waals surface area contributed by atoms with Crippen molar-refractivity contribution in [2.75, 3.05) is 24.6 Å². The van der Waals surface area contributed by atoms with E-state index in [2.05, 4.69) is 15.9 Å². The van der Waals surface area contributed by atoms with Crippen LogP contribution >= 0.6 is 28.1 Å². The minimum absolute atomic E-state index is 0.178. The minimum Gasteiger partial charge on any atom is -0.396 e. The molecule has 1 saturated heterocycles. The van der Waals surface area contributed by atoms with Gasteiger partial charge in [-0.1, -0.05) is 12.2 Å². The summed E-state index contributed by atoms with van der Waals surface area (Å²) < 4.78 is 14.7. The van der Waals surface area contributed by atoms with Gasteiger partial charge in [0.25, 0.3) is 0 Å². The second-order valence-corrected chi connectivity index (χ2v) is 5.97. The SMILES string of the molecule is NC(=S)c1ccc(N2CCC(CCO)C2)c(F)c1Br. The first-order valence-electron chi connectivity index (χ1n) is 6.18. The minimum atomic E-state index is -0.324. The molecule has 1 aromatic carbocycles. The number of hydrogen-bond donors (Lipinski definition) is 2. The van der Waals surface area contributed by atoms with E-state index in [4.69, 9.17) is 23.1 Å². The topological polar surface area (TPSA) is 49.5 Å². The third-order valence-electron chi connectivity index (χ3n) is 3.49. The lowest BCUT2D eigenvalue weighted by Gasteiger charge is -2.20. The van der Waals surface area contributed by atoms with Crippen molar-refractivity contribution in [3.8, 4) is 0 Å². The summed E-state index contributed by atoms with van der Waals surface area (Å²) in [4.78, 5) is 2.18. The first-order valence-corrected chi connectivity index (χ1v) is 7.38. The zero-order valence-electron chi connectivity index (χ0n) is 10.4. The Morgan fingerprint density at radius 2 is 2.32 bits per heavy atom. The van der Waals surface area contributed by atoms with E-state index in [-0.39, 0.29) is 17.4 Å². The van der Waals surface area contributed by atoms with Crippen LogP contribution in [0.2, 0.25) is 0 Å². The van der Waals surface area contributed by atoms with Crippen LogP contribution in [0.4, 0.5) is 10.1 Å². The quantitative estimate of drug-likeness (QED) is 0.822. The lowest BCUT2D eigenvalue weighted by Crippen LogP contribution is -2.22. The number of anilines is 1. The van der Waals surface area contributed by atoms with E-state index < -0.39 is 0 Å². The molecule has 1 aromatic rings. The fourth-order valence-corrected chi connectivity index (χ4v) is 3.29. The summed E-state index contributed by atoms with van der Waals surface area (Å²) in [5, 5.41) is 8.95. The second-order valence-electron chi connectivity index (χ2n) is 4.74. The molecule has 0 spiro atoms. The van der Waals surface area contributed by atoms with Crippen molar-refractivity contribution in [3.05, 3.63) is 28.0 Å². The smallest absolute Gasteiger partial charge is 0.161 e. The van der Waals surface area contributed by atoms with Gasteiger partial charge in [-0.2, -0.15) is 0 Å². The Bertz CT molecular complexity index is 498. The molecule has 6 heteroatoms. The zero-order valence-corrected chi connectivity index (χ0v) is 12.8. The van der Waals surface area contributed by atoms with Gasteiger partial charge in [0.2, 0.25) is 0 Å². The maximum atomic E-state index is 14.3. The Labute approximate surface area is 125 Å². The van der Waals surface area contributed by atoms with Crippen LogP contribution in [-0.4, -0.2) is 29.8 Å². The number of hydrogen-bond acceptors (Lipinski definition) is 3. The van der Waals surface area contributed by atoms with Crippen molar-refractivity contribution in [3.63, 3.8) is 0 Å². The van der Waals surface area contributed by atoms with Crippen LogP contribution in [0.25, 0.3) is 0 Å². The molecule has 3 N–H and O–H groups in total. The Morgan fingerprint density at radius 1 is 1.58 bits per heavy atom. The van der Waals surface area contributed by atoms with Gasteiger partial charge >= 0.3 is 0 Å². The van der Waals surface area contributed by atoms with Gasteiger partial charge in [0.15, 0.2) is 5.82 Å². The molecule has 0 bridgehead atoms. The zero-order chi connectivity index (χ0) is 14.0. The van der Waals surface area contributed by atoms with E-state index >= 15 is 0 Å². The monoisotopic (exact) mass is 346 g/mol. The molecule has 0 saturated carbocycles. The molecule has 0 radical (unpaired) electrons. The second kappa shape index (κ2) is 6.15. The van der Waals surface area contributed by atoms with Gasteiger partial charge < -0.3 is 15.7 Å². The Morgan fingerprint density at radius 3 is 2.95 bits per heavy atom. The van der Waals surface area contributed by atoms with Crippen molar-refractivity contribution in [2.45, 2.75) is 12.8 Å². The molecular formula is C13H16BrFN2OS. The van der Waals surface area contributed by atoms with E-state index in [0.717, 1.165) is 25.9 Å². The van der Waals surface area contributed by atoms with Gasteiger partial charge in [-0.25, -0.2) is 4.39 Å². The summed E-state index contributed by atoms with van der Waals surface area (Å²) in [6, 6.07) is 3.46. The first kappa shape index (κ1) is 14.7. The molecule has 19 heavy (non-hydrogen) atoms. The van der Waals surface area contributed by atoms with Crippen LogP contribution in [0.15, 0.2) is 16.6 Å². The van der Waals surface area contributed by atoms with Crippen molar-refractivity contribution >= 4 is 38.8 Å². The lowest BCUT2D eigenvalue weighted by molar-refractivity contribution is 0.263. The van der Waals surface area contributed by atoms with Gasteiger partial charge in [0.05, 0.1) is 10.2 Å². The van der Waals surface area contributed by atoms with Gasteiger partial charge in [-0.05, 0) is 46.8 Å². The lowest BCUT2D eigenvalue weighted by atomic mass is 10.1. The molecule has 2 rings (SSSR count). The Kier molecular flexibility index (Phi) is 4.76. The number of aliphatic hydroxyl groups excluding tert-OH is 1. The van der Waals surface area contributed by atoms with Crippen molar-refractivity contribution in [1.82, 2.24) is 0 Å². The van der Waals surface area contributed by atoms with E-state index in [1.165, 1.54) is 0 Å². The molecule has 3 nitrogen and oxygen atoms in total. The number of aliphatic hydroxyl groups is 1. The van der Waals surface area contributed by atoms with Crippen molar-refractivity contribution in [2.24, 2.45) is 11.7 Å². The standard InChI is InChI=1S/C13H16BrFN2OS/c14-11-9(13(16)19)1-2-10(12(11)15)17-5-3-8(7-17)4-6-18/h1-2,8,18H,3-7H2,(H2,16,19). The van der Waals surface area contributed by atoms with Crippen molar-refractivity contribution in [1.29, 1.82) is 0 Å². The molecular weight excluding hydrogens is 331 g/mol. The van der Waals surface area contributed by atoms with Crippen LogP contribution in [0.3, 0.4) is 0 Å². The average Bonchev–Trinajstić information content (AvgIpc) is 2.81. The average molecular weight is 347 g/mol. The van der Waals surface area contributed by atoms with Crippen LogP contribution in [-0.2, 0) is 0 Å². The van der Waals surface area contributed by atoms with E-state index in [0.29, 0.717) is 21.6 Å². The highest BCUT2D eigenvalue weighted by Gasteiger charge is 2.25. The number of halogens is 2. The molecule has 1 aliphatic rings. The molecule has 104 valence electrons. The van der Waals surface area contributed by atoms with Crippen molar-refractivity contribution < 1.29 is 9.50 Å². The predicted molar refractivity (Wildman–Crippen MR) is 82.0 cm³/mol. The summed E-state index contributed by atoms with van der Waals surface area (Å²) in [5.74, 6) is 0.105. The van der Waals surface area contributed by atoms with E-state index in [1.807, 2.05) is 4.90 Å². The molecule has 0 amide bonds. The van der Waals surface area contributed by atoms with Crippen LogP contribution < -0.4 is 10.6 Å². The molecule has 0 aromatic heterocycles. The molecule has 1 aliphatic heterocycles. The van der Waals surface area contributed by atoms with E-state index in [9.17, 15) is 4.39 Å². The fraction of sp³-hybridized carbons (Fsp3) is 0.462. The normalized spacial score (nSPS) is 18.9. The largest absolute Gasteiger partial charge is 0.396 e. The van der Waals surface area contributed by atoms with Gasteiger partial charge in [-0.3, -0.25) is 0 Å². The number of benzene rings is 1. The van der Waals surface area contributed by atoms with Gasteiger partial charge in [0, 0.05) is 25.3 Å². The maximum Gasteiger partial charge on any atom is 0.161 e. The maximum absolute atomic E-state index is 14.3. The number of nitrogens with two attached hydrogens (primary N) is 1. The Hall–Kier alpha value is -0.720. The number of thiocarbonyl (C=S) groups is 1. The summed E-state index contributed by atoms with van der Waals surface area (Å²) in [6.07, 6.45) is 1.75. The highest BCUT2D eigenvalue weighted by atomic mass is 79.9. The highest BCUT2D eigenvalue weighted by molar-refractivity contribution is 9.10. The fourth-order valence-electron chi connectivity index (χ4n) is 2.44. The molecule has 1 fully saturated rings. The number of nitrogens with zero attached hydrogens (tertiary/aromatic N) is 1. The summed E-state index contributed by atoms with van der Waals surface area (Å²) in [6.45, 7) is 1.77. The van der Waals surface area contributed by atoms with Crippen LogP contribution in [0, 0.1) is 11.7 Å². The van der Waals surface area contributed by atoms with Crippen LogP contribution in [0.5, 0.6) is 0 Å². The summed E-state index contributed by atoms with van der Waals surface area (Å²) in [7, 11) is 0. The molecule has 1 unspecified atom stereocenters. The van der Waals surface area contributed by atoms with Crippen LogP contribution in [0.1, 0.15) is 18.4 Å². The van der Waals surface area contributed by atoms with E-state index in [1.54, 1.807) is 12.1 Å². The molecule has 1 heterocycles. The van der Waals surface area contributed by atoms with Gasteiger partial charge in [-0.15, -0.1) is 0 Å². The number of rotatable bonds is 4. The third-order valence-corrected chi connectivity index (χ3v) is 4.49.